The fraction of sp³-hybridized carbons (Fsp3) is 0.562. The van der Waals surface area contributed by atoms with E-state index in [0.717, 1.165) is 25.7 Å². The normalized spacial score (nSPS) is 17.8. The first-order valence-electron chi connectivity index (χ1n) is 7.80. The lowest BCUT2D eigenvalue weighted by Crippen LogP contribution is -2.35. The Balaban J connectivity index is 2.28. The molecule has 6 nitrogen and oxygen atoms in total. The molecule has 2 rings (SSSR count). The molecule has 1 aromatic rings. The molecule has 1 aromatic carbocycles. The number of carboxylic acid groups (broad SMARTS) is 1. The molecule has 0 spiro atoms. The Hall–Kier alpha value is -1.20. The predicted molar refractivity (Wildman–Crippen MR) is 87.8 cm³/mol. The van der Waals surface area contributed by atoms with Gasteiger partial charge < -0.3 is 14.2 Å². The zero-order chi connectivity index (χ0) is 16.9. The van der Waals surface area contributed by atoms with Crippen LogP contribution < -0.4 is 5.32 Å². The third kappa shape index (κ3) is 4.42. The number of carboxylic acids is 1. The van der Waals surface area contributed by atoms with Crippen molar-refractivity contribution in [1.29, 1.82) is 0 Å². The molecule has 2 N–H and O–H groups in total. The van der Waals surface area contributed by atoms with Gasteiger partial charge in [-0.15, -0.1) is 0 Å². The Labute approximate surface area is 136 Å². The first-order valence-corrected chi connectivity index (χ1v) is 9.42. The zero-order valence-electron chi connectivity index (χ0n) is 13.5. The van der Waals surface area contributed by atoms with Gasteiger partial charge >= 0.3 is 13.6 Å². The van der Waals surface area contributed by atoms with Gasteiger partial charge in [0.1, 0.15) is 5.78 Å². The topological polar surface area (TPSA) is 84.9 Å². The number of hydrogen-bond acceptors (Lipinski definition) is 5. The Morgan fingerprint density at radius 2 is 1.74 bits per heavy atom. The molecule has 1 saturated carbocycles. The third-order valence-corrected chi connectivity index (χ3v) is 6.39. The van der Waals surface area contributed by atoms with Crippen LogP contribution in [0.25, 0.3) is 0 Å². The summed E-state index contributed by atoms with van der Waals surface area (Å²) in [5.41, 5.74) is 0.891. The van der Waals surface area contributed by atoms with E-state index in [0.29, 0.717) is 5.56 Å². The van der Waals surface area contributed by atoms with Gasteiger partial charge in [-0.2, -0.15) is 0 Å². The quantitative estimate of drug-likeness (QED) is 0.734. The summed E-state index contributed by atoms with van der Waals surface area (Å²) < 4.78 is 23.3. The van der Waals surface area contributed by atoms with E-state index in [1.807, 2.05) is 0 Å². The van der Waals surface area contributed by atoms with Gasteiger partial charge in [-0.1, -0.05) is 31.4 Å². The molecule has 0 amide bonds. The van der Waals surface area contributed by atoms with Crippen LogP contribution in [0.5, 0.6) is 0 Å². The molecule has 0 saturated heterocycles. The van der Waals surface area contributed by atoms with Gasteiger partial charge in [0.15, 0.2) is 0 Å². The largest absolute Gasteiger partial charge is 0.478 e. The molecule has 1 unspecified atom stereocenters. The summed E-state index contributed by atoms with van der Waals surface area (Å²) in [7, 11) is -0.644. The van der Waals surface area contributed by atoms with Crippen LogP contribution >= 0.6 is 7.60 Å². The van der Waals surface area contributed by atoms with Crippen molar-refractivity contribution >= 4 is 13.6 Å². The Bertz CT molecular complexity index is 560. The van der Waals surface area contributed by atoms with Gasteiger partial charge in [-0.3, -0.25) is 9.88 Å². The molecule has 1 fully saturated rings. The van der Waals surface area contributed by atoms with Crippen LogP contribution in [0.1, 0.15) is 53.8 Å². The summed E-state index contributed by atoms with van der Waals surface area (Å²) in [5, 5.41) is 12.4. The lowest BCUT2D eigenvalue weighted by atomic mass is 9.95. The molecule has 128 valence electrons. The molecular formula is C16H24NO5P. The Morgan fingerprint density at radius 1 is 1.17 bits per heavy atom. The summed E-state index contributed by atoms with van der Waals surface area (Å²) in [6, 6.07) is 6.58. The monoisotopic (exact) mass is 341 g/mol. The molecule has 1 atom stereocenters. The van der Waals surface area contributed by atoms with E-state index in [9.17, 15) is 9.36 Å². The first-order chi connectivity index (χ1) is 11.0. The fourth-order valence-corrected chi connectivity index (χ4v) is 4.46. The maximum absolute atomic E-state index is 12.9. The van der Waals surface area contributed by atoms with E-state index < -0.39 is 19.3 Å². The van der Waals surface area contributed by atoms with E-state index in [1.54, 1.807) is 12.1 Å². The molecule has 0 aromatic heterocycles. The number of benzene rings is 1. The smallest absolute Gasteiger partial charge is 0.351 e. The summed E-state index contributed by atoms with van der Waals surface area (Å²) in [6.07, 6.45) is 5.57. The highest BCUT2D eigenvalue weighted by atomic mass is 31.2. The van der Waals surface area contributed by atoms with Crippen LogP contribution in [0.2, 0.25) is 0 Å². The lowest BCUT2D eigenvalue weighted by molar-refractivity contribution is 0.0697. The lowest BCUT2D eigenvalue weighted by Gasteiger charge is -2.31. The van der Waals surface area contributed by atoms with Gasteiger partial charge in [0, 0.05) is 20.3 Å². The Morgan fingerprint density at radius 3 is 2.22 bits per heavy atom. The van der Waals surface area contributed by atoms with Crippen molar-refractivity contribution in [3.63, 3.8) is 0 Å². The van der Waals surface area contributed by atoms with Crippen LogP contribution in [0.15, 0.2) is 24.3 Å². The fourth-order valence-electron chi connectivity index (χ4n) is 2.96. The van der Waals surface area contributed by atoms with Crippen molar-refractivity contribution in [2.45, 2.75) is 43.9 Å². The molecule has 0 aliphatic heterocycles. The minimum absolute atomic E-state index is 0.190. The molecular weight excluding hydrogens is 317 g/mol. The molecule has 1 aliphatic rings. The van der Waals surface area contributed by atoms with Crippen molar-refractivity contribution in [3.05, 3.63) is 35.4 Å². The average Bonchev–Trinajstić information content (AvgIpc) is 2.60. The van der Waals surface area contributed by atoms with E-state index in [-0.39, 0.29) is 11.6 Å². The van der Waals surface area contributed by atoms with Gasteiger partial charge in [-0.05, 0) is 30.5 Å². The third-order valence-electron chi connectivity index (χ3n) is 4.30. The highest BCUT2D eigenvalue weighted by molar-refractivity contribution is 7.54. The van der Waals surface area contributed by atoms with Crippen LogP contribution in [0.3, 0.4) is 0 Å². The summed E-state index contributed by atoms with van der Waals surface area (Å²) in [4.78, 5) is 11.0. The van der Waals surface area contributed by atoms with Crippen molar-refractivity contribution in [2.75, 3.05) is 14.2 Å². The number of hydrogen-bond donors (Lipinski definition) is 2. The van der Waals surface area contributed by atoms with Crippen molar-refractivity contribution in [2.24, 2.45) is 0 Å². The van der Waals surface area contributed by atoms with Crippen molar-refractivity contribution < 1.29 is 23.5 Å². The van der Waals surface area contributed by atoms with Crippen LogP contribution in [-0.2, 0) is 13.6 Å². The summed E-state index contributed by atoms with van der Waals surface area (Å²) >= 11 is 0. The van der Waals surface area contributed by atoms with E-state index in [4.69, 9.17) is 14.2 Å². The highest BCUT2D eigenvalue weighted by Gasteiger charge is 2.37. The molecule has 1 aliphatic carbocycles. The number of carbonyl (C=O) groups is 1. The minimum atomic E-state index is -3.38. The molecule has 23 heavy (non-hydrogen) atoms. The van der Waals surface area contributed by atoms with Gasteiger partial charge in [0.2, 0.25) is 0 Å². The summed E-state index contributed by atoms with van der Waals surface area (Å²) in [5.74, 6) is -1.60. The van der Waals surface area contributed by atoms with Crippen molar-refractivity contribution in [1.82, 2.24) is 5.32 Å². The molecule has 0 bridgehead atoms. The predicted octanol–water partition coefficient (Wildman–Crippen LogP) is 3.79. The second-order valence-electron chi connectivity index (χ2n) is 5.74. The van der Waals surface area contributed by atoms with Gasteiger partial charge in [0.25, 0.3) is 0 Å². The maximum atomic E-state index is 12.9. The zero-order valence-corrected chi connectivity index (χ0v) is 14.4. The van der Waals surface area contributed by atoms with Gasteiger partial charge in [-0.25, -0.2) is 4.79 Å². The minimum Gasteiger partial charge on any atom is -0.478 e. The molecule has 0 heterocycles. The second kappa shape index (κ2) is 8.06. The maximum Gasteiger partial charge on any atom is 0.351 e. The summed E-state index contributed by atoms with van der Waals surface area (Å²) in [6.45, 7) is 0. The van der Waals surface area contributed by atoms with Crippen molar-refractivity contribution in [3.8, 4) is 0 Å². The number of aromatic carboxylic acids is 1. The van der Waals surface area contributed by atoms with E-state index >= 15 is 0 Å². The Kier molecular flexibility index (Phi) is 6.36. The highest BCUT2D eigenvalue weighted by Crippen LogP contribution is 2.58. The van der Waals surface area contributed by atoms with E-state index in [1.165, 1.54) is 32.8 Å². The second-order valence-corrected chi connectivity index (χ2v) is 8.06. The molecule has 0 radical (unpaired) electrons. The van der Waals surface area contributed by atoms with Crippen LogP contribution in [0.4, 0.5) is 0 Å². The standard InChI is InChI=1S/C16H24NO5P/c1-21-23(20,22-2)15(17-14-6-4-3-5-7-14)12-8-10-13(11-9-12)16(18)19/h8-11,14-15,17H,3-7H2,1-2H3,(H,18,19). The van der Waals surface area contributed by atoms with Crippen LogP contribution in [-0.4, -0.2) is 31.3 Å². The van der Waals surface area contributed by atoms with Gasteiger partial charge in [0.05, 0.1) is 5.56 Å². The number of rotatable bonds is 7. The first kappa shape index (κ1) is 18.1. The average molecular weight is 341 g/mol. The van der Waals surface area contributed by atoms with E-state index in [2.05, 4.69) is 5.32 Å². The SMILES string of the molecule is COP(=O)(OC)C(NC1CCCCC1)c1ccc(C(=O)O)cc1. The number of nitrogens with one attached hydrogen (secondary N) is 1. The molecule has 7 heteroatoms. The van der Waals surface area contributed by atoms with Crippen LogP contribution in [0, 0.1) is 0 Å².